The zero-order valence-electron chi connectivity index (χ0n) is 10.9. The van der Waals surface area contributed by atoms with Gasteiger partial charge in [-0.1, -0.05) is 22.4 Å². The van der Waals surface area contributed by atoms with Crippen molar-refractivity contribution in [3.63, 3.8) is 0 Å². The van der Waals surface area contributed by atoms with Gasteiger partial charge in [0.1, 0.15) is 0 Å². The molecule has 5 heteroatoms. The van der Waals surface area contributed by atoms with Crippen LogP contribution >= 0.6 is 39.9 Å². The summed E-state index contributed by atoms with van der Waals surface area (Å²) in [5.74, 6) is 0. The summed E-state index contributed by atoms with van der Waals surface area (Å²) in [6.45, 7) is 0. The molecule has 0 bridgehead atoms. The highest BCUT2D eigenvalue weighted by Gasteiger charge is 2.24. The van der Waals surface area contributed by atoms with Crippen LogP contribution in [-0.4, -0.2) is 21.1 Å². The van der Waals surface area contributed by atoms with Crippen molar-refractivity contribution in [1.82, 2.24) is 9.55 Å². The Morgan fingerprint density at radius 3 is 3.05 bits per heavy atom. The van der Waals surface area contributed by atoms with Crippen molar-refractivity contribution in [3.8, 4) is 0 Å². The van der Waals surface area contributed by atoms with Gasteiger partial charge in [-0.25, -0.2) is 0 Å². The Morgan fingerprint density at radius 1 is 1.42 bits per heavy atom. The van der Waals surface area contributed by atoms with Crippen molar-refractivity contribution in [1.29, 1.82) is 0 Å². The first-order valence-electron chi connectivity index (χ1n) is 6.61. The Bertz CT molecular complexity index is 646. The number of benzene rings is 1. The first-order valence-corrected chi connectivity index (χ1v) is 9.10. The van der Waals surface area contributed by atoms with Crippen LogP contribution in [0.25, 0.3) is 11.0 Å². The number of rotatable bonds is 2. The molecule has 2 nitrogen and oxygen atoms in total. The second-order valence-corrected chi connectivity index (χ2v) is 7.58. The van der Waals surface area contributed by atoms with Crippen LogP contribution in [0.3, 0.4) is 0 Å². The molecule has 1 aromatic carbocycles. The third-order valence-electron chi connectivity index (χ3n) is 3.98. The molecule has 1 aromatic heterocycles. The molecule has 1 heterocycles. The number of fused-ring (bicyclic) bond motifs is 1. The van der Waals surface area contributed by atoms with Crippen molar-refractivity contribution in [2.75, 3.05) is 6.26 Å². The van der Waals surface area contributed by atoms with Crippen LogP contribution in [0.15, 0.2) is 22.7 Å². The number of aromatic amines is 1. The fourth-order valence-corrected chi connectivity index (χ4v) is 4.57. The molecule has 1 aliphatic rings. The third kappa shape index (κ3) is 2.65. The number of hydrogen-bond acceptors (Lipinski definition) is 2. The molecule has 102 valence electrons. The lowest BCUT2D eigenvalue weighted by Gasteiger charge is -2.29. The smallest absolute Gasteiger partial charge is 0.178 e. The molecule has 2 unspecified atom stereocenters. The number of thioether (sulfide) groups is 1. The average molecular weight is 357 g/mol. The number of hydrogen-bond donors (Lipinski definition) is 1. The summed E-state index contributed by atoms with van der Waals surface area (Å²) in [7, 11) is 0. The predicted molar refractivity (Wildman–Crippen MR) is 89.6 cm³/mol. The van der Waals surface area contributed by atoms with Gasteiger partial charge < -0.3 is 9.55 Å². The van der Waals surface area contributed by atoms with Gasteiger partial charge in [0.05, 0.1) is 11.0 Å². The number of imidazole rings is 1. The highest BCUT2D eigenvalue weighted by Crippen LogP contribution is 2.36. The highest BCUT2D eigenvalue weighted by molar-refractivity contribution is 9.10. The molecule has 1 saturated carbocycles. The van der Waals surface area contributed by atoms with Crippen LogP contribution in [0.2, 0.25) is 0 Å². The lowest BCUT2D eigenvalue weighted by atomic mass is 9.94. The number of nitrogens with zero attached hydrogens (tertiary/aromatic N) is 1. The second kappa shape index (κ2) is 5.62. The van der Waals surface area contributed by atoms with Gasteiger partial charge in [-0.05, 0) is 55.9 Å². The first kappa shape index (κ1) is 13.7. The zero-order chi connectivity index (χ0) is 13.4. The molecule has 2 aromatic rings. The van der Waals surface area contributed by atoms with Gasteiger partial charge in [-0.15, -0.1) is 0 Å². The average Bonchev–Trinajstić information content (AvgIpc) is 2.73. The van der Waals surface area contributed by atoms with Crippen LogP contribution in [0.5, 0.6) is 0 Å². The molecule has 3 rings (SSSR count). The first-order chi connectivity index (χ1) is 9.19. The van der Waals surface area contributed by atoms with E-state index in [-0.39, 0.29) is 0 Å². The van der Waals surface area contributed by atoms with Gasteiger partial charge >= 0.3 is 0 Å². The molecule has 0 radical (unpaired) electrons. The largest absolute Gasteiger partial charge is 0.331 e. The molecule has 1 aliphatic carbocycles. The van der Waals surface area contributed by atoms with Crippen LogP contribution in [0.1, 0.15) is 31.7 Å². The molecule has 0 amide bonds. The molecule has 0 spiro atoms. The van der Waals surface area contributed by atoms with E-state index in [0.717, 1.165) is 20.0 Å². The van der Waals surface area contributed by atoms with Crippen LogP contribution < -0.4 is 0 Å². The topological polar surface area (TPSA) is 20.7 Å². The maximum Gasteiger partial charge on any atom is 0.178 e. The molecule has 1 fully saturated rings. The Balaban J connectivity index is 2.04. The fraction of sp³-hybridized carbons (Fsp3) is 0.500. The summed E-state index contributed by atoms with van der Waals surface area (Å²) in [6.07, 6.45) is 7.35. The van der Waals surface area contributed by atoms with E-state index in [4.69, 9.17) is 12.2 Å². The van der Waals surface area contributed by atoms with E-state index in [9.17, 15) is 0 Å². The quantitative estimate of drug-likeness (QED) is 0.736. The Kier molecular flexibility index (Phi) is 4.06. The molecule has 19 heavy (non-hydrogen) atoms. The number of H-pyrrole nitrogens is 1. The molecule has 0 aliphatic heterocycles. The highest BCUT2D eigenvalue weighted by atomic mass is 79.9. The zero-order valence-corrected chi connectivity index (χ0v) is 14.1. The van der Waals surface area contributed by atoms with Gasteiger partial charge in [-0.3, -0.25) is 0 Å². The van der Waals surface area contributed by atoms with Crippen molar-refractivity contribution in [3.05, 3.63) is 27.4 Å². The van der Waals surface area contributed by atoms with Gasteiger partial charge in [0, 0.05) is 15.8 Å². The van der Waals surface area contributed by atoms with Crippen LogP contribution in [0, 0.1) is 4.77 Å². The fourth-order valence-electron chi connectivity index (χ4n) is 3.03. The van der Waals surface area contributed by atoms with E-state index >= 15 is 0 Å². The monoisotopic (exact) mass is 356 g/mol. The maximum atomic E-state index is 5.54. The second-order valence-electron chi connectivity index (χ2n) is 5.14. The van der Waals surface area contributed by atoms with Gasteiger partial charge in [-0.2, -0.15) is 11.8 Å². The number of nitrogens with one attached hydrogen (secondary N) is 1. The Labute approximate surface area is 131 Å². The summed E-state index contributed by atoms with van der Waals surface area (Å²) in [5, 5.41) is 0.779. The normalized spacial score (nSPS) is 23.9. The van der Waals surface area contributed by atoms with E-state index in [0.29, 0.717) is 6.04 Å². The van der Waals surface area contributed by atoms with Crippen molar-refractivity contribution < 1.29 is 0 Å². The predicted octanol–water partition coefficient (Wildman–Crippen LogP) is 5.31. The third-order valence-corrected chi connectivity index (χ3v) is 5.86. The minimum absolute atomic E-state index is 0.550. The van der Waals surface area contributed by atoms with Gasteiger partial charge in [0.2, 0.25) is 0 Å². The van der Waals surface area contributed by atoms with Gasteiger partial charge in [0.25, 0.3) is 0 Å². The number of halogens is 1. The molecule has 2 atom stereocenters. The standard InChI is InChI=1S/C14H17BrN2S2/c1-19-11-4-2-3-10(8-11)17-13-6-5-9(15)7-12(13)16-14(17)18/h5-7,10-11H,2-4,8H2,1H3,(H,16,18). The summed E-state index contributed by atoms with van der Waals surface area (Å²) < 4.78 is 4.29. The molecular weight excluding hydrogens is 340 g/mol. The van der Waals surface area contributed by atoms with E-state index in [1.165, 1.54) is 31.2 Å². The van der Waals surface area contributed by atoms with Crippen molar-refractivity contribution >= 4 is 50.9 Å². The Hall–Kier alpha value is -0.260. The summed E-state index contributed by atoms with van der Waals surface area (Å²) in [5.41, 5.74) is 2.37. The summed E-state index contributed by atoms with van der Waals surface area (Å²) >= 11 is 11.0. The lowest BCUT2D eigenvalue weighted by molar-refractivity contribution is 0.365. The van der Waals surface area contributed by atoms with E-state index < -0.39 is 0 Å². The van der Waals surface area contributed by atoms with Crippen molar-refractivity contribution in [2.45, 2.75) is 37.0 Å². The SMILES string of the molecule is CSC1CCCC(n2c(=S)[nH]c3cc(Br)ccc32)C1. The van der Waals surface area contributed by atoms with Crippen LogP contribution in [-0.2, 0) is 0 Å². The maximum absolute atomic E-state index is 5.54. The van der Waals surface area contributed by atoms with Crippen LogP contribution in [0.4, 0.5) is 0 Å². The lowest BCUT2D eigenvalue weighted by Crippen LogP contribution is -2.20. The number of aromatic nitrogens is 2. The molecule has 1 N–H and O–H groups in total. The van der Waals surface area contributed by atoms with E-state index in [1.807, 2.05) is 11.8 Å². The van der Waals surface area contributed by atoms with E-state index in [2.05, 4.69) is 49.9 Å². The minimum atomic E-state index is 0.550. The summed E-state index contributed by atoms with van der Waals surface area (Å²) in [4.78, 5) is 3.34. The molecule has 0 saturated heterocycles. The van der Waals surface area contributed by atoms with Crippen molar-refractivity contribution in [2.24, 2.45) is 0 Å². The van der Waals surface area contributed by atoms with E-state index in [1.54, 1.807) is 0 Å². The summed E-state index contributed by atoms with van der Waals surface area (Å²) in [6, 6.07) is 6.91. The minimum Gasteiger partial charge on any atom is -0.331 e. The molecular formula is C14H17BrN2S2. The Morgan fingerprint density at radius 2 is 2.26 bits per heavy atom. The van der Waals surface area contributed by atoms with Gasteiger partial charge in [0.15, 0.2) is 4.77 Å².